The van der Waals surface area contributed by atoms with Crippen molar-refractivity contribution in [1.82, 2.24) is 20.0 Å². The van der Waals surface area contributed by atoms with Crippen LogP contribution in [0.15, 0.2) is 0 Å². The minimum Gasteiger partial charge on any atom is -0.444 e. The van der Waals surface area contributed by atoms with Gasteiger partial charge in [-0.05, 0) is 20.8 Å². The van der Waals surface area contributed by atoms with Crippen LogP contribution in [0, 0.1) is 0 Å². The van der Waals surface area contributed by atoms with Crippen LogP contribution >= 0.6 is 0 Å². The fourth-order valence-electron chi connectivity index (χ4n) is 2.61. The van der Waals surface area contributed by atoms with Gasteiger partial charge in [0.2, 0.25) is 0 Å². The lowest BCUT2D eigenvalue weighted by atomic mass is 10.1. The molecule has 8 heteroatoms. The number of ether oxygens (including phenoxy) is 2. The molecule has 2 amide bonds. The normalized spacial score (nSPS) is 14.3. The Labute approximate surface area is 142 Å². The van der Waals surface area contributed by atoms with Gasteiger partial charge in [-0.15, -0.1) is 0 Å². The van der Waals surface area contributed by atoms with E-state index in [0.29, 0.717) is 38.4 Å². The lowest BCUT2D eigenvalue weighted by Gasteiger charge is -2.30. The molecule has 0 atom stereocenters. The second-order valence-corrected chi connectivity index (χ2v) is 6.80. The van der Waals surface area contributed by atoms with Crippen LogP contribution < -0.4 is 5.32 Å². The molecule has 1 N–H and O–H groups in total. The van der Waals surface area contributed by atoms with Gasteiger partial charge in [0.05, 0.1) is 13.2 Å². The zero-order valence-electron chi connectivity index (χ0n) is 15.0. The molecule has 0 saturated carbocycles. The van der Waals surface area contributed by atoms with Gasteiger partial charge < -0.3 is 19.7 Å². The summed E-state index contributed by atoms with van der Waals surface area (Å²) < 4.78 is 12.1. The third-order valence-corrected chi connectivity index (χ3v) is 3.70. The third-order valence-electron chi connectivity index (χ3n) is 3.70. The maximum absolute atomic E-state index is 12.3. The lowest BCUT2D eigenvalue weighted by Crippen LogP contribution is -2.40. The molecule has 1 aliphatic rings. The number of hydrogen-bond acceptors (Lipinski definition) is 5. The van der Waals surface area contributed by atoms with Gasteiger partial charge in [0.25, 0.3) is 5.91 Å². The number of nitrogens with one attached hydrogen (secondary N) is 1. The molecule has 0 spiro atoms. The number of carbonyl (C=O) groups is 2. The molecule has 1 aromatic rings. The summed E-state index contributed by atoms with van der Waals surface area (Å²) in [5, 5.41) is 7.10. The van der Waals surface area contributed by atoms with E-state index in [9.17, 15) is 9.59 Å². The SMILES string of the molecule is COCCNC(=O)c1nn(C)c2c1CN(C(=O)OC(C)(C)C)CC2. The first-order valence-corrected chi connectivity index (χ1v) is 8.02. The standard InChI is InChI=1S/C16H26N4O4/c1-16(2,3)24-15(22)20-8-6-12-11(10-20)13(18-19(12)4)14(21)17-7-9-23-5/h6-10H2,1-5H3,(H,17,21). The minimum absolute atomic E-state index is 0.255. The highest BCUT2D eigenvalue weighted by Crippen LogP contribution is 2.23. The second-order valence-electron chi connectivity index (χ2n) is 6.80. The van der Waals surface area contributed by atoms with Crippen molar-refractivity contribution in [3.8, 4) is 0 Å². The largest absolute Gasteiger partial charge is 0.444 e. The maximum atomic E-state index is 12.3. The Balaban J connectivity index is 2.14. The summed E-state index contributed by atoms with van der Waals surface area (Å²) in [5.74, 6) is -0.255. The van der Waals surface area contributed by atoms with Crippen LogP contribution in [0.5, 0.6) is 0 Å². The van der Waals surface area contributed by atoms with Crippen molar-refractivity contribution in [2.75, 3.05) is 26.8 Å². The smallest absolute Gasteiger partial charge is 0.410 e. The first kappa shape index (κ1) is 18.3. The molecular weight excluding hydrogens is 312 g/mol. The van der Waals surface area contributed by atoms with E-state index in [4.69, 9.17) is 9.47 Å². The molecule has 2 rings (SSSR count). The number of hydrogen-bond donors (Lipinski definition) is 1. The Morgan fingerprint density at radius 1 is 1.33 bits per heavy atom. The average Bonchev–Trinajstić information content (AvgIpc) is 2.82. The molecule has 134 valence electrons. The quantitative estimate of drug-likeness (QED) is 0.831. The fourth-order valence-corrected chi connectivity index (χ4v) is 2.61. The zero-order valence-corrected chi connectivity index (χ0v) is 15.0. The number of fused-ring (bicyclic) bond motifs is 1. The first-order valence-electron chi connectivity index (χ1n) is 8.02. The van der Waals surface area contributed by atoms with E-state index in [0.717, 1.165) is 11.3 Å². The van der Waals surface area contributed by atoms with Gasteiger partial charge in [-0.2, -0.15) is 5.10 Å². The highest BCUT2D eigenvalue weighted by Gasteiger charge is 2.31. The van der Waals surface area contributed by atoms with Crippen LogP contribution in [0.25, 0.3) is 0 Å². The molecule has 0 radical (unpaired) electrons. The maximum Gasteiger partial charge on any atom is 0.410 e. The summed E-state index contributed by atoms with van der Waals surface area (Å²) in [7, 11) is 3.39. The molecule has 1 aliphatic heterocycles. The molecule has 1 aromatic heterocycles. The Hall–Kier alpha value is -2.09. The van der Waals surface area contributed by atoms with Crippen molar-refractivity contribution in [2.45, 2.75) is 39.3 Å². The highest BCUT2D eigenvalue weighted by molar-refractivity contribution is 5.94. The van der Waals surface area contributed by atoms with Gasteiger partial charge >= 0.3 is 6.09 Å². The Morgan fingerprint density at radius 3 is 2.67 bits per heavy atom. The summed E-state index contributed by atoms with van der Waals surface area (Å²) in [6, 6.07) is 0. The van der Waals surface area contributed by atoms with Crippen molar-refractivity contribution in [2.24, 2.45) is 7.05 Å². The van der Waals surface area contributed by atoms with Gasteiger partial charge in [0.1, 0.15) is 5.60 Å². The molecular formula is C16H26N4O4. The van der Waals surface area contributed by atoms with Crippen LogP contribution in [0.1, 0.15) is 42.5 Å². The van der Waals surface area contributed by atoms with Gasteiger partial charge in [0, 0.05) is 44.9 Å². The van der Waals surface area contributed by atoms with Crippen molar-refractivity contribution in [1.29, 1.82) is 0 Å². The third kappa shape index (κ3) is 4.25. The molecule has 0 saturated heterocycles. The van der Waals surface area contributed by atoms with E-state index >= 15 is 0 Å². The number of aromatic nitrogens is 2. The topological polar surface area (TPSA) is 85.7 Å². The van der Waals surface area contributed by atoms with E-state index in [-0.39, 0.29) is 12.0 Å². The minimum atomic E-state index is -0.549. The predicted molar refractivity (Wildman–Crippen MR) is 87.8 cm³/mol. The van der Waals surface area contributed by atoms with Gasteiger partial charge in [-0.1, -0.05) is 0 Å². The number of rotatable bonds is 4. The average molecular weight is 338 g/mol. The van der Waals surface area contributed by atoms with Crippen LogP contribution in [0.4, 0.5) is 4.79 Å². The van der Waals surface area contributed by atoms with E-state index in [1.807, 2.05) is 27.8 Å². The molecule has 0 bridgehead atoms. The van der Waals surface area contributed by atoms with Crippen LogP contribution in [-0.2, 0) is 29.5 Å². The molecule has 0 aliphatic carbocycles. The molecule has 0 fully saturated rings. The van der Waals surface area contributed by atoms with E-state index in [1.54, 1.807) is 16.7 Å². The van der Waals surface area contributed by atoms with Gasteiger partial charge in [0.15, 0.2) is 5.69 Å². The number of amides is 2. The summed E-state index contributed by atoms with van der Waals surface area (Å²) in [6.45, 7) is 7.22. The number of nitrogens with zero attached hydrogens (tertiary/aromatic N) is 3. The Bertz CT molecular complexity index is 618. The van der Waals surface area contributed by atoms with Crippen molar-refractivity contribution in [3.05, 3.63) is 17.0 Å². The number of methoxy groups -OCH3 is 1. The molecule has 0 aromatic carbocycles. The van der Waals surface area contributed by atoms with Gasteiger partial charge in [-0.25, -0.2) is 4.79 Å². The lowest BCUT2D eigenvalue weighted by molar-refractivity contribution is 0.0221. The predicted octanol–water partition coefficient (Wildman–Crippen LogP) is 1.09. The molecule has 2 heterocycles. The Morgan fingerprint density at radius 2 is 2.04 bits per heavy atom. The summed E-state index contributed by atoms with van der Waals surface area (Å²) >= 11 is 0. The summed E-state index contributed by atoms with van der Waals surface area (Å²) in [4.78, 5) is 26.2. The van der Waals surface area contributed by atoms with Crippen molar-refractivity contribution in [3.63, 3.8) is 0 Å². The fraction of sp³-hybridized carbons (Fsp3) is 0.688. The van der Waals surface area contributed by atoms with Crippen LogP contribution in [0.2, 0.25) is 0 Å². The second kappa shape index (κ2) is 7.21. The number of aryl methyl sites for hydroxylation is 1. The molecule has 0 unspecified atom stereocenters. The van der Waals surface area contributed by atoms with Gasteiger partial charge in [-0.3, -0.25) is 9.48 Å². The Kier molecular flexibility index (Phi) is 5.48. The zero-order chi connectivity index (χ0) is 17.9. The van der Waals surface area contributed by atoms with Crippen LogP contribution in [-0.4, -0.2) is 59.1 Å². The van der Waals surface area contributed by atoms with Crippen molar-refractivity contribution < 1.29 is 19.1 Å². The van der Waals surface area contributed by atoms with E-state index in [1.165, 1.54) is 0 Å². The molecule has 24 heavy (non-hydrogen) atoms. The highest BCUT2D eigenvalue weighted by atomic mass is 16.6. The number of carbonyl (C=O) groups excluding carboxylic acids is 2. The molecule has 8 nitrogen and oxygen atoms in total. The van der Waals surface area contributed by atoms with E-state index in [2.05, 4.69) is 10.4 Å². The van der Waals surface area contributed by atoms with Crippen molar-refractivity contribution >= 4 is 12.0 Å². The van der Waals surface area contributed by atoms with E-state index < -0.39 is 5.60 Å². The van der Waals surface area contributed by atoms with Crippen LogP contribution in [0.3, 0.4) is 0 Å². The monoisotopic (exact) mass is 338 g/mol. The first-order chi connectivity index (χ1) is 11.2. The summed E-state index contributed by atoms with van der Waals surface area (Å²) in [6.07, 6.45) is 0.270. The summed E-state index contributed by atoms with van der Waals surface area (Å²) in [5.41, 5.74) is 1.57.